The van der Waals surface area contributed by atoms with E-state index in [0.717, 1.165) is 42.3 Å². The highest BCUT2D eigenvalue weighted by molar-refractivity contribution is 7.13. The highest BCUT2D eigenvalue weighted by Gasteiger charge is 2.21. The molecule has 1 aliphatic heterocycles. The van der Waals surface area contributed by atoms with Gasteiger partial charge in [0.25, 0.3) is 5.91 Å². The molecular weight excluding hydrogens is 306 g/mol. The highest BCUT2D eigenvalue weighted by atomic mass is 32.1. The summed E-state index contributed by atoms with van der Waals surface area (Å²) in [5.74, 6) is 5.36. The second-order valence-electron chi connectivity index (χ2n) is 5.62. The molecule has 3 rings (SSSR count). The van der Waals surface area contributed by atoms with Crippen LogP contribution in [0.15, 0.2) is 35.7 Å². The molecule has 1 aliphatic rings. The number of hydrogen-bond acceptors (Lipinski definition) is 4. The van der Waals surface area contributed by atoms with Gasteiger partial charge in [-0.05, 0) is 31.9 Å². The Kier molecular flexibility index (Phi) is 4.94. The Balaban J connectivity index is 1.49. The molecule has 1 aromatic carbocycles. The lowest BCUT2D eigenvalue weighted by molar-refractivity contribution is -0.116. The normalized spacial score (nSPS) is 14.9. The molecule has 0 unspecified atom stereocenters. The van der Waals surface area contributed by atoms with E-state index < -0.39 is 0 Å². The van der Waals surface area contributed by atoms with E-state index in [1.165, 1.54) is 0 Å². The summed E-state index contributed by atoms with van der Waals surface area (Å²) in [7, 11) is 0. The van der Waals surface area contributed by atoms with Crippen LogP contribution in [-0.4, -0.2) is 30.0 Å². The number of hydrogen-bond donors (Lipinski definition) is 1. The Morgan fingerprint density at radius 1 is 1.30 bits per heavy atom. The molecular formula is C18H19N3OS. The van der Waals surface area contributed by atoms with E-state index in [1.54, 1.807) is 11.3 Å². The number of carbonyl (C=O) groups excluding carboxylic acids is 1. The molecule has 1 aromatic heterocycles. The summed E-state index contributed by atoms with van der Waals surface area (Å²) < 4.78 is 0. The Morgan fingerprint density at radius 3 is 2.70 bits per heavy atom. The second-order valence-corrected chi connectivity index (χ2v) is 6.46. The Bertz CT molecular complexity index is 721. The van der Waals surface area contributed by atoms with Crippen LogP contribution in [0.1, 0.15) is 24.1 Å². The zero-order chi connectivity index (χ0) is 16.1. The van der Waals surface area contributed by atoms with E-state index in [2.05, 4.69) is 32.4 Å². The molecule has 23 heavy (non-hydrogen) atoms. The number of nitrogens with one attached hydrogen (secondary N) is 1. The molecule has 2 heterocycles. The second kappa shape index (κ2) is 7.30. The fraction of sp³-hybridized carbons (Fsp3) is 0.333. The van der Waals surface area contributed by atoms with Crippen molar-refractivity contribution in [2.75, 3.05) is 18.0 Å². The number of anilines is 1. The largest absolute Gasteiger partial charge is 0.348 e. The molecule has 1 N–H and O–H groups in total. The average Bonchev–Trinajstić information content (AvgIpc) is 3.01. The van der Waals surface area contributed by atoms with Crippen LogP contribution in [0.25, 0.3) is 0 Å². The van der Waals surface area contributed by atoms with Gasteiger partial charge in [-0.1, -0.05) is 24.1 Å². The summed E-state index contributed by atoms with van der Waals surface area (Å²) in [6.07, 6.45) is 1.86. The highest BCUT2D eigenvalue weighted by Crippen LogP contribution is 2.23. The van der Waals surface area contributed by atoms with Crippen molar-refractivity contribution < 1.29 is 4.79 Å². The summed E-state index contributed by atoms with van der Waals surface area (Å²) >= 11 is 1.68. The number of benzene rings is 1. The van der Waals surface area contributed by atoms with Crippen molar-refractivity contribution >= 4 is 22.4 Å². The summed E-state index contributed by atoms with van der Waals surface area (Å²) in [5.41, 5.74) is 1.92. The first-order chi connectivity index (χ1) is 11.2. The molecule has 0 atom stereocenters. The van der Waals surface area contributed by atoms with E-state index in [4.69, 9.17) is 0 Å². The Labute approximate surface area is 140 Å². The minimum Gasteiger partial charge on any atom is -0.348 e. The molecule has 0 spiro atoms. The molecule has 0 aliphatic carbocycles. The van der Waals surface area contributed by atoms with Crippen molar-refractivity contribution in [3.63, 3.8) is 0 Å². The number of carbonyl (C=O) groups is 1. The number of aromatic nitrogens is 1. The van der Waals surface area contributed by atoms with Gasteiger partial charge in [0.15, 0.2) is 5.13 Å². The van der Waals surface area contributed by atoms with E-state index >= 15 is 0 Å². The number of nitrogens with zero attached hydrogens (tertiary/aromatic N) is 2. The SMILES string of the molecule is Cc1csc(N2CCC(NC(=O)C#Cc3ccccc3)CC2)n1. The van der Waals surface area contributed by atoms with Gasteiger partial charge in [0.1, 0.15) is 0 Å². The zero-order valence-corrected chi connectivity index (χ0v) is 13.9. The van der Waals surface area contributed by atoms with Crippen molar-refractivity contribution in [2.24, 2.45) is 0 Å². The minimum absolute atomic E-state index is 0.197. The third kappa shape index (κ3) is 4.33. The van der Waals surface area contributed by atoms with Crippen molar-refractivity contribution in [1.29, 1.82) is 0 Å². The Morgan fingerprint density at radius 2 is 2.04 bits per heavy atom. The van der Waals surface area contributed by atoms with E-state index in [-0.39, 0.29) is 11.9 Å². The molecule has 0 radical (unpaired) electrons. The van der Waals surface area contributed by atoms with Crippen LogP contribution < -0.4 is 10.2 Å². The number of amides is 1. The lowest BCUT2D eigenvalue weighted by atomic mass is 10.1. The summed E-state index contributed by atoms with van der Waals surface area (Å²) in [4.78, 5) is 18.7. The lowest BCUT2D eigenvalue weighted by Crippen LogP contribution is -2.44. The predicted molar refractivity (Wildman–Crippen MR) is 93.5 cm³/mol. The number of piperidine rings is 1. The molecule has 2 aromatic rings. The van der Waals surface area contributed by atoms with Gasteiger partial charge < -0.3 is 10.2 Å². The Hall–Kier alpha value is -2.32. The summed E-state index contributed by atoms with van der Waals surface area (Å²) in [5, 5.41) is 6.16. The molecule has 5 heteroatoms. The number of aryl methyl sites for hydroxylation is 1. The number of rotatable bonds is 2. The third-order valence-corrected chi connectivity index (χ3v) is 4.82. The maximum Gasteiger partial charge on any atom is 0.296 e. The van der Waals surface area contributed by atoms with Crippen LogP contribution in [0.5, 0.6) is 0 Å². The molecule has 4 nitrogen and oxygen atoms in total. The fourth-order valence-electron chi connectivity index (χ4n) is 2.57. The van der Waals surface area contributed by atoms with Gasteiger partial charge in [-0.3, -0.25) is 4.79 Å². The predicted octanol–water partition coefficient (Wildman–Crippen LogP) is 2.59. The minimum atomic E-state index is -0.197. The molecule has 118 valence electrons. The van der Waals surface area contributed by atoms with Gasteiger partial charge in [0.2, 0.25) is 0 Å². The van der Waals surface area contributed by atoms with Gasteiger partial charge in [-0.15, -0.1) is 11.3 Å². The van der Waals surface area contributed by atoms with Crippen molar-refractivity contribution in [3.8, 4) is 11.8 Å². The van der Waals surface area contributed by atoms with Crippen molar-refractivity contribution in [2.45, 2.75) is 25.8 Å². The van der Waals surface area contributed by atoms with E-state index in [0.29, 0.717) is 0 Å². The van der Waals surface area contributed by atoms with Crippen molar-refractivity contribution in [3.05, 3.63) is 47.0 Å². The van der Waals surface area contributed by atoms with Crippen LogP contribution in [-0.2, 0) is 4.79 Å². The first-order valence-corrected chi connectivity index (χ1v) is 8.63. The monoisotopic (exact) mass is 325 g/mol. The number of thiazole rings is 1. The van der Waals surface area contributed by atoms with Crippen LogP contribution >= 0.6 is 11.3 Å². The molecule has 0 saturated carbocycles. The molecule has 1 amide bonds. The van der Waals surface area contributed by atoms with Gasteiger partial charge in [0, 0.05) is 36.0 Å². The van der Waals surface area contributed by atoms with E-state index in [9.17, 15) is 4.79 Å². The standard InChI is InChI=1S/C18H19N3OS/c1-14-13-23-18(19-14)21-11-9-16(10-12-21)20-17(22)8-7-15-5-3-2-4-6-15/h2-6,13,16H,9-12H2,1H3,(H,20,22). The summed E-state index contributed by atoms with van der Waals surface area (Å²) in [6.45, 7) is 3.85. The lowest BCUT2D eigenvalue weighted by Gasteiger charge is -2.31. The smallest absolute Gasteiger partial charge is 0.296 e. The fourth-order valence-corrected chi connectivity index (χ4v) is 3.43. The van der Waals surface area contributed by atoms with Gasteiger partial charge in [0.05, 0.1) is 5.69 Å². The first kappa shape index (κ1) is 15.6. The topological polar surface area (TPSA) is 45.2 Å². The zero-order valence-electron chi connectivity index (χ0n) is 13.1. The van der Waals surface area contributed by atoms with Crippen LogP contribution in [0, 0.1) is 18.8 Å². The van der Waals surface area contributed by atoms with Gasteiger partial charge in [-0.2, -0.15) is 0 Å². The summed E-state index contributed by atoms with van der Waals surface area (Å²) in [6, 6.07) is 9.76. The molecule has 1 fully saturated rings. The van der Waals surface area contributed by atoms with Crippen LogP contribution in [0.4, 0.5) is 5.13 Å². The quantitative estimate of drug-likeness (QED) is 0.863. The van der Waals surface area contributed by atoms with Crippen LogP contribution in [0.2, 0.25) is 0 Å². The maximum absolute atomic E-state index is 11.9. The van der Waals surface area contributed by atoms with Crippen LogP contribution in [0.3, 0.4) is 0 Å². The molecule has 1 saturated heterocycles. The first-order valence-electron chi connectivity index (χ1n) is 7.75. The average molecular weight is 325 g/mol. The maximum atomic E-state index is 11.9. The van der Waals surface area contributed by atoms with Crippen molar-refractivity contribution in [1.82, 2.24) is 10.3 Å². The van der Waals surface area contributed by atoms with E-state index in [1.807, 2.05) is 37.3 Å². The van der Waals surface area contributed by atoms with Gasteiger partial charge in [-0.25, -0.2) is 4.98 Å². The molecule has 0 bridgehead atoms. The van der Waals surface area contributed by atoms with Gasteiger partial charge >= 0.3 is 0 Å². The third-order valence-electron chi connectivity index (χ3n) is 3.80.